The molecule has 168 valence electrons. The molecule has 0 aliphatic carbocycles. The summed E-state index contributed by atoms with van der Waals surface area (Å²) >= 11 is 5.23. The molecule has 0 unspecified atom stereocenters. The van der Waals surface area contributed by atoms with Crippen molar-refractivity contribution in [2.45, 2.75) is 19.1 Å². The van der Waals surface area contributed by atoms with Gasteiger partial charge in [-0.25, -0.2) is 0 Å². The van der Waals surface area contributed by atoms with E-state index in [1.54, 1.807) is 18.3 Å². The van der Waals surface area contributed by atoms with Gasteiger partial charge in [-0.3, -0.25) is 14.3 Å². The number of halogens is 3. The lowest BCUT2D eigenvalue weighted by Gasteiger charge is -2.22. The minimum absolute atomic E-state index is 0.0226. The molecule has 1 N–H and O–H groups in total. The Morgan fingerprint density at radius 3 is 2.31 bits per heavy atom. The highest BCUT2D eigenvalue weighted by Gasteiger charge is 2.30. The number of hydrogen-bond donors (Lipinski definition) is 1. The molecule has 2 heterocycles. The summed E-state index contributed by atoms with van der Waals surface area (Å²) in [5.41, 5.74) is 1.69. The van der Waals surface area contributed by atoms with Crippen molar-refractivity contribution >= 4 is 18.1 Å². The lowest BCUT2D eigenvalue weighted by molar-refractivity contribution is -0.137. The predicted molar refractivity (Wildman–Crippen MR) is 118 cm³/mol. The molecule has 1 fully saturated rings. The van der Waals surface area contributed by atoms with Crippen molar-refractivity contribution in [3.05, 3.63) is 82.4 Å². The topological polar surface area (TPSA) is 44.3 Å². The van der Waals surface area contributed by atoms with Gasteiger partial charge in [-0.2, -0.15) is 13.2 Å². The summed E-state index contributed by atoms with van der Waals surface area (Å²) < 4.78 is 40.7. The number of carbonyl (C=O) groups is 1. The molecular formula is C23H23F3N4OS. The van der Waals surface area contributed by atoms with E-state index in [4.69, 9.17) is 12.2 Å². The summed E-state index contributed by atoms with van der Waals surface area (Å²) in [6.07, 6.45) is 0.0748. The normalized spacial score (nSPS) is 15.5. The molecule has 9 heteroatoms. The van der Waals surface area contributed by atoms with E-state index in [1.165, 1.54) is 12.1 Å². The van der Waals surface area contributed by atoms with Gasteiger partial charge in [-0.15, -0.1) is 0 Å². The lowest BCUT2D eigenvalue weighted by Crippen LogP contribution is -2.35. The molecule has 1 aliphatic heterocycles. The molecule has 1 aromatic heterocycles. The van der Waals surface area contributed by atoms with Gasteiger partial charge in [0, 0.05) is 56.4 Å². The summed E-state index contributed by atoms with van der Waals surface area (Å²) in [6, 6.07) is 12.6. The molecule has 0 bridgehead atoms. The van der Waals surface area contributed by atoms with E-state index in [9.17, 15) is 18.0 Å². The van der Waals surface area contributed by atoms with E-state index < -0.39 is 11.7 Å². The molecule has 0 radical (unpaired) electrons. The van der Waals surface area contributed by atoms with Crippen molar-refractivity contribution in [2.75, 3.05) is 26.2 Å². The minimum atomic E-state index is -4.33. The molecule has 0 atom stereocenters. The number of nitrogens with one attached hydrogen (secondary N) is 1. The molecule has 3 aromatic rings. The number of aromatic nitrogens is 2. The van der Waals surface area contributed by atoms with Gasteiger partial charge in [0.15, 0.2) is 4.77 Å². The highest BCUT2D eigenvalue weighted by molar-refractivity contribution is 7.71. The fourth-order valence-corrected chi connectivity index (χ4v) is 4.09. The first-order chi connectivity index (χ1) is 15.3. The molecule has 0 saturated carbocycles. The van der Waals surface area contributed by atoms with Crippen LogP contribution in [-0.4, -0.2) is 51.4 Å². The Morgan fingerprint density at radius 2 is 1.69 bits per heavy atom. The van der Waals surface area contributed by atoms with Crippen LogP contribution in [0.3, 0.4) is 0 Å². The Balaban J connectivity index is 1.36. The smallest absolute Gasteiger partial charge is 0.337 e. The van der Waals surface area contributed by atoms with Gasteiger partial charge in [0.05, 0.1) is 5.56 Å². The van der Waals surface area contributed by atoms with Crippen LogP contribution in [0.15, 0.2) is 60.9 Å². The molecule has 1 saturated heterocycles. The summed E-state index contributed by atoms with van der Waals surface area (Å²) in [5, 5.41) is 0. The highest BCUT2D eigenvalue weighted by atomic mass is 32.1. The Labute approximate surface area is 189 Å². The minimum Gasteiger partial charge on any atom is -0.337 e. The number of amides is 1. The third-order valence-electron chi connectivity index (χ3n) is 5.60. The van der Waals surface area contributed by atoms with E-state index in [0.29, 0.717) is 36.5 Å². The van der Waals surface area contributed by atoms with Crippen molar-refractivity contribution in [1.82, 2.24) is 19.4 Å². The fraction of sp³-hybridized carbons (Fsp3) is 0.304. The molecule has 32 heavy (non-hydrogen) atoms. The van der Waals surface area contributed by atoms with Gasteiger partial charge in [-0.05, 0) is 60.6 Å². The van der Waals surface area contributed by atoms with E-state index in [1.807, 2.05) is 27.8 Å². The number of imidazole rings is 1. The van der Waals surface area contributed by atoms with Crippen LogP contribution in [0.5, 0.6) is 0 Å². The van der Waals surface area contributed by atoms with Gasteiger partial charge in [-0.1, -0.05) is 12.1 Å². The zero-order valence-electron chi connectivity index (χ0n) is 17.3. The van der Waals surface area contributed by atoms with Crippen LogP contribution in [0.1, 0.15) is 27.9 Å². The maximum atomic E-state index is 13.0. The van der Waals surface area contributed by atoms with Crippen molar-refractivity contribution in [3.8, 4) is 5.69 Å². The summed E-state index contributed by atoms with van der Waals surface area (Å²) in [5.74, 6) is -0.0226. The summed E-state index contributed by atoms with van der Waals surface area (Å²) in [6.45, 7) is 3.24. The number of carbonyl (C=O) groups excluding carboxylic acids is 1. The summed E-state index contributed by atoms with van der Waals surface area (Å²) in [4.78, 5) is 19.9. The third kappa shape index (κ3) is 5.11. The monoisotopic (exact) mass is 460 g/mol. The molecule has 1 aliphatic rings. The first-order valence-corrected chi connectivity index (χ1v) is 10.8. The number of rotatable bonds is 4. The second kappa shape index (κ2) is 9.30. The van der Waals surface area contributed by atoms with E-state index >= 15 is 0 Å². The number of hydrogen-bond acceptors (Lipinski definition) is 3. The number of benzene rings is 2. The summed E-state index contributed by atoms with van der Waals surface area (Å²) in [7, 11) is 0. The molecule has 0 spiro atoms. The zero-order chi connectivity index (χ0) is 22.7. The van der Waals surface area contributed by atoms with Crippen LogP contribution in [0.25, 0.3) is 5.69 Å². The Morgan fingerprint density at radius 1 is 0.969 bits per heavy atom. The van der Waals surface area contributed by atoms with E-state index in [2.05, 4.69) is 9.88 Å². The van der Waals surface area contributed by atoms with Crippen LogP contribution < -0.4 is 0 Å². The number of alkyl halides is 3. The van der Waals surface area contributed by atoms with Crippen LogP contribution >= 0.6 is 12.2 Å². The quantitative estimate of drug-likeness (QED) is 0.563. The molecule has 5 nitrogen and oxygen atoms in total. The number of aromatic amines is 1. The molecular weight excluding hydrogens is 437 g/mol. The largest absolute Gasteiger partial charge is 0.416 e. The van der Waals surface area contributed by atoms with Crippen molar-refractivity contribution in [1.29, 1.82) is 0 Å². The first kappa shape index (κ1) is 22.3. The fourth-order valence-electron chi connectivity index (χ4n) is 3.86. The van der Waals surface area contributed by atoms with Gasteiger partial charge in [0.1, 0.15) is 0 Å². The van der Waals surface area contributed by atoms with Gasteiger partial charge >= 0.3 is 6.18 Å². The van der Waals surface area contributed by atoms with Gasteiger partial charge in [0.2, 0.25) is 0 Å². The predicted octanol–water partition coefficient (Wildman–Crippen LogP) is 4.90. The zero-order valence-corrected chi connectivity index (χ0v) is 18.1. The average Bonchev–Trinajstić information content (AvgIpc) is 3.07. The molecule has 2 aromatic carbocycles. The molecule has 1 amide bonds. The Hall–Kier alpha value is -2.91. The maximum absolute atomic E-state index is 13.0. The van der Waals surface area contributed by atoms with Crippen molar-refractivity contribution in [2.24, 2.45) is 0 Å². The first-order valence-electron chi connectivity index (χ1n) is 10.4. The second-order valence-corrected chi connectivity index (χ2v) is 8.19. The Kier molecular flexibility index (Phi) is 6.48. The standard InChI is InChI=1S/C23H23F3N4OS/c24-23(25,26)19-6-2-17(3-7-19)16-28-11-1-12-29(15-14-28)21(31)18-4-8-20(9-5-18)30-13-10-27-22(30)32/h2-10,13H,1,11-12,14-16H2,(H,27,32). The maximum Gasteiger partial charge on any atom is 0.416 e. The van der Waals surface area contributed by atoms with Gasteiger partial charge in [0.25, 0.3) is 5.91 Å². The van der Waals surface area contributed by atoms with Crippen LogP contribution in [-0.2, 0) is 12.7 Å². The van der Waals surface area contributed by atoms with Crippen LogP contribution in [0.4, 0.5) is 13.2 Å². The van der Waals surface area contributed by atoms with Crippen LogP contribution in [0.2, 0.25) is 0 Å². The average molecular weight is 461 g/mol. The van der Waals surface area contributed by atoms with Crippen LogP contribution in [0, 0.1) is 4.77 Å². The number of nitrogens with zero attached hydrogens (tertiary/aromatic N) is 3. The van der Waals surface area contributed by atoms with Gasteiger partial charge < -0.3 is 9.88 Å². The lowest BCUT2D eigenvalue weighted by atomic mass is 10.1. The second-order valence-electron chi connectivity index (χ2n) is 7.80. The highest BCUT2D eigenvalue weighted by Crippen LogP contribution is 2.29. The number of H-pyrrole nitrogens is 1. The Bertz CT molecular complexity index is 1120. The molecule has 4 rings (SSSR count). The van der Waals surface area contributed by atoms with Crippen molar-refractivity contribution in [3.63, 3.8) is 0 Å². The third-order valence-corrected chi connectivity index (χ3v) is 5.92. The SMILES string of the molecule is O=C(c1ccc(-n2cc[nH]c2=S)cc1)N1CCCN(Cc2ccc(C(F)(F)F)cc2)CC1. The van der Waals surface area contributed by atoms with E-state index in [-0.39, 0.29) is 5.91 Å². The van der Waals surface area contributed by atoms with E-state index in [0.717, 1.165) is 36.3 Å². The van der Waals surface area contributed by atoms with Crippen molar-refractivity contribution < 1.29 is 18.0 Å².